The molecule has 0 heterocycles. The molecule has 0 bridgehead atoms. The molecule has 0 aliphatic carbocycles. The van der Waals surface area contributed by atoms with Crippen LogP contribution in [0.3, 0.4) is 0 Å². The topological polar surface area (TPSA) is 37.3 Å². The minimum Gasteiger partial charge on any atom is -0.478 e. The highest BCUT2D eigenvalue weighted by molar-refractivity contribution is 5.86. The fourth-order valence-electron chi connectivity index (χ4n) is 1.95. The van der Waals surface area contributed by atoms with Crippen molar-refractivity contribution in [2.24, 2.45) is 11.3 Å². The van der Waals surface area contributed by atoms with Crippen LogP contribution in [0.2, 0.25) is 0 Å². The fourth-order valence-corrected chi connectivity index (χ4v) is 1.95. The zero-order chi connectivity index (χ0) is 13.1. The minimum atomic E-state index is -0.902. The standard InChI is InChI=1S/C15H20O2/c1-11(14(16)17)13(15(2,3)4)10-12-8-6-5-7-9-12/h5-9,13H,1,10H2,2-4H3,(H,16,17). The summed E-state index contributed by atoms with van der Waals surface area (Å²) in [6.45, 7) is 9.87. The molecule has 0 aromatic heterocycles. The minimum absolute atomic E-state index is 0.0533. The molecule has 2 nitrogen and oxygen atoms in total. The van der Waals surface area contributed by atoms with Gasteiger partial charge in [0.05, 0.1) is 0 Å². The molecule has 0 amide bonds. The number of hydrogen-bond donors (Lipinski definition) is 1. The van der Waals surface area contributed by atoms with Gasteiger partial charge in [-0.3, -0.25) is 0 Å². The van der Waals surface area contributed by atoms with Gasteiger partial charge in [0.25, 0.3) is 0 Å². The average molecular weight is 232 g/mol. The third kappa shape index (κ3) is 3.74. The van der Waals surface area contributed by atoms with E-state index >= 15 is 0 Å². The number of carboxylic acid groups (broad SMARTS) is 1. The lowest BCUT2D eigenvalue weighted by Gasteiger charge is -2.31. The number of carbonyl (C=O) groups is 1. The van der Waals surface area contributed by atoms with Crippen molar-refractivity contribution in [3.05, 3.63) is 48.0 Å². The Morgan fingerprint density at radius 3 is 2.24 bits per heavy atom. The van der Waals surface area contributed by atoms with Crippen molar-refractivity contribution in [1.82, 2.24) is 0 Å². The first-order chi connectivity index (χ1) is 7.82. The van der Waals surface area contributed by atoms with Crippen molar-refractivity contribution in [1.29, 1.82) is 0 Å². The summed E-state index contributed by atoms with van der Waals surface area (Å²) in [7, 11) is 0. The van der Waals surface area contributed by atoms with E-state index in [9.17, 15) is 4.79 Å². The molecule has 0 radical (unpaired) electrons. The molecule has 0 fully saturated rings. The second-order valence-electron chi connectivity index (χ2n) is 5.44. The van der Waals surface area contributed by atoms with Crippen LogP contribution in [0.25, 0.3) is 0 Å². The number of carboxylic acids is 1. The van der Waals surface area contributed by atoms with Crippen molar-refractivity contribution in [2.45, 2.75) is 27.2 Å². The van der Waals surface area contributed by atoms with Gasteiger partial charge < -0.3 is 5.11 Å². The smallest absolute Gasteiger partial charge is 0.331 e. The maximum Gasteiger partial charge on any atom is 0.331 e. The van der Waals surface area contributed by atoms with E-state index in [1.165, 1.54) is 0 Å². The van der Waals surface area contributed by atoms with Crippen LogP contribution in [0.4, 0.5) is 0 Å². The Morgan fingerprint density at radius 2 is 1.82 bits per heavy atom. The summed E-state index contributed by atoms with van der Waals surface area (Å²) >= 11 is 0. The molecule has 1 aromatic carbocycles. The Morgan fingerprint density at radius 1 is 1.29 bits per heavy atom. The molecular formula is C15H20O2. The van der Waals surface area contributed by atoms with Gasteiger partial charge in [0.15, 0.2) is 0 Å². The van der Waals surface area contributed by atoms with E-state index in [2.05, 4.69) is 27.4 Å². The number of aliphatic carboxylic acids is 1. The van der Waals surface area contributed by atoms with Crippen molar-refractivity contribution in [3.8, 4) is 0 Å². The molecule has 17 heavy (non-hydrogen) atoms. The highest BCUT2D eigenvalue weighted by Crippen LogP contribution is 2.34. The third-order valence-corrected chi connectivity index (χ3v) is 3.02. The van der Waals surface area contributed by atoms with Crippen LogP contribution in [0.15, 0.2) is 42.5 Å². The molecule has 0 spiro atoms. The molecular weight excluding hydrogens is 212 g/mol. The Labute approximate surface area is 103 Å². The van der Waals surface area contributed by atoms with Crippen LogP contribution in [-0.4, -0.2) is 11.1 Å². The highest BCUT2D eigenvalue weighted by atomic mass is 16.4. The summed E-state index contributed by atoms with van der Waals surface area (Å²) < 4.78 is 0. The van der Waals surface area contributed by atoms with Crippen molar-refractivity contribution >= 4 is 5.97 Å². The molecule has 0 saturated carbocycles. The van der Waals surface area contributed by atoms with Crippen molar-refractivity contribution in [3.63, 3.8) is 0 Å². The Kier molecular flexibility index (Phi) is 4.11. The van der Waals surface area contributed by atoms with E-state index in [0.29, 0.717) is 5.57 Å². The van der Waals surface area contributed by atoms with Gasteiger partial charge in [-0.1, -0.05) is 57.7 Å². The second kappa shape index (κ2) is 5.17. The maximum atomic E-state index is 11.1. The van der Waals surface area contributed by atoms with Gasteiger partial charge in [0.2, 0.25) is 0 Å². The first kappa shape index (κ1) is 13.5. The summed E-state index contributed by atoms with van der Waals surface area (Å²) in [6.07, 6.45) is 0.718. The fraction of sp³-hybridized carbons (Fsp3) is 0.400. The van der Waals surface area contributed by atoms with Crippen LogP contribution >= 0.6 is 0 Å². The van der Waals surface area contributed by atoms with Gasteiger partial charge in [-0.15, -0.1) is 0 Å². The van der Waals surface area contributed by atoms with E-state index < -0.39 is 5.97 Å². The van der Waals surface area contributed by atoms with Crippen LogP contribution in [0.1, 0.15) is 26.3 Å². The van der Waals surface area contributed by atoms with Crippen LogP contribution in [0, 0.1) is 11.3 Å². The van der Waals surface area contributed by atoms with E-state index in [1.807, 2.05) is 30.3 Å². The van der Waals surface area contributed by atoms with E-state index in [0.717, 1.165) is 12.0 Å². The molecule has 0 aliphatic heterocycles. The highest BCUT2D eigenvalue weighted by Gasteiger charge is 2.30. The van der Waals surface area contributed by atoms with Gasteiger partial charge >= 0.3 is 5.97 Å². The molecule has 0 aliphatic rings. The number of benzene rings is 1. The van der Waals surface area contributed by atoms with Gasteiger partial charge in [0, 0.05) is 5.57 Å². The van der Waals surface area contributed by atoms with Gasteiger partial charge in [-0.2, -0.15) is 0 Å². The first-order valence-corrected chi connectivity index (χ1v) is 5.78. The molecule has 1 rings (SSSR count). The molecule has 1 N–H and O–H groups in total. The number of rotatable bonds is 4. The molecule has 0 saturated heterocycles. The molecule has 1 unspecified atom stereocenters. The lowest BCUT2D eigenvalue weighted by atomic mass is 9.73. The quantitative estimate of drug-likeness (QED) is 0.806. The maximum absolute atomic E-state index is 11.1. The Balaban J connectivity index is 2.94. The van der Waals surface area contributed by atoms with E-state index in [1.54, 1.807) is 0 Å². The van der Waals surface area contributed by atoms with Gasteiger partial charge in [-0.05, 0) is 23.3 Å². The predicted molar refractivity (Wildman–Crippen MR) is 69.9 cm³/mol. The SMILES string of the molecule is C=C(C(=O)O)C(Cc1ccccc1)C(C)(C)C. The summed E-state index contributed by atoms with van der Waals surface area (Å²) in [5.74, 6) is -0.955. The molecule has 92 valence electrons. The van der Waals surface area contributed by atoms with E-state index in [-0.39, 0.29) is 11.3 Å². The largest absolute Gasteiger partial charge is 0.478 e. The monoisotopic (exact) mass is 232 g/mol. The Bertz CT molecular complexity index is 399. The zero-order valence-corrected chi connectivity index (χ0v) is 10.7. The molecule has 2 heteroatoms. The lowest BCUT2D eigenvalue weighted by molar-refractivity contribution is -0.133. The van der Waals surface area contributed by atoms with Crippen molar-refractivity contribution < 1.29 is 9.90 Å². The van der Waals surface area contributed by atoms with Crippen LogP contribution < -0.4 is 0 Å². The lowest BCUT2D eigenvalue weighted by Crippen LogP contribution is -2.27. The molecule has 1 aromatic rings. The zero-order valence-electron chi connectivity index (χ0n) is 10.7. The summed E-state index contributed by atoms with van der Waals surface area (Å²) in [5, 5.41) is 9.09. The van der Waals surface area contributed by atoms with Crippen LogP contribution in [0.5, 0.6) is 0 Å². The average Bonchev–Trinajstić information content (AvgIpc) is 2.24. The second-order valence-corrected chi connectivity index (χ2v) is 5.44. The normalized spacial score (nSPS) is 13.1. The third-order valence-electron chi connectivity index (χ3n) is 3.02. The summed E-state index contributed by atoms with van der Waals surface area (Å²) in [5.41, 5.74) is 1.34. The van der Waals surface area contributed by atoms with Gasteiger partial charge in [-0.25, -0.2) is 4.79 Å². The summed E-state index contributed by atoms with van der Waals surface area (Å²) in [4.78, 5) is 11.1. The first-order valence-electron chi connectivity index (χ1n) is 5.78. The van der Waals surface area contributed by atoms with Crippen molar-refractivity contribution in [2.75, 3.05) is 0 Å². The molecule has 1 atom stereocenters. The van der Waals surface area contributed by atoms with Crippen LogP contribution in [-0.2, 0) is 11.2 Å². The Hall–Kier alpha value is -1.57. The van der Waals surface area contributed by atoms with E-state index in [4.69, 9.17) is 5.11 Å². The summed E-state index contributed by atoms with van der Waals surface area (Å²) in [6, 6.07) is 9.94. The van der Waals surface area contributed by atoms with Gasteiger partial charge in [0.1, 0.15) is 0 Å². The predicted octanol–water partition coefficient (Wildman–Crippen LogP) is 3.53. The number of hydrogen-bond acceptors (Lipinski definition) is 1.